The van der Waals surface area contributed by atoms with Crippen LogP contribution < -0.4 is 9.46 Å². The van der Waals surface area contributed by atoms with Crippen LogP contribution in [0.2, 0.25) is 5.02 Å². The third-order valence-corrected chi connectivity index (χ3v) is 6.98. The molecule has 0 aliphatic carbocycles. The Kier molecular flexibility index (Phi) is 7.49. The average Bonchev–Trinajstić information content (AvgIpc) is 3.52. The average molecular weight is 545 g/mol. The van der Waals surface area contributed by atoms with Gasteiger partial charge < -0.3 is 9.47 Å². The number of anilines is 1. The van der Waals surface area contributed by atoms with Crippen LogP contribution in [0.3, 0.4) is 0 Å². The van der Waals surface area contributed by atoms with Gasteiger partial charge in [0.2, 0.25) is 5.13 Å². The van der Waals surface area contributed by atoms with Crippen molar-refractivity contribution in [3.8, 4) is 28.8 Å². The Morgan fingerprint density at radius 2 is 2.03 bits per heavy atom. The van der Waals surface area contributed by atoms with E-state index < -0.39 is 16.0 Å². The number of rotatable bonds is 9. The van der Waals surface area contributed by atoms with Crippen LogP contribution >= 0.6 is 23.1 Å². The van der Waals surface area contributed by atoms with E-state index in [1.807, 2.05) is 6.07 Å². The molecule has 0 aliphatic rings. The van der Waals surface area contributed by atoms with Gasteiger partial charge in [-0.2, -0.15) is 14.7 Å². The summed E-state index contributed by atoms with van der Waals surface area (Å²) >= 11 is 7.10. The van der Waals surface area contributed by atoms with Gasteiger partial charge in [-0.3, -0.25) is 14.2 Å². The molecular formula is C22H17ClN6O5S2. The van der Waals surface area contributed by atoms with Crippen molar-refractivity contribution in [2.75, 3.05) is 11.3 Å². The SMILES string of the molecule is CCOC(=O)Cn1nccc1-c1cc(Cl)ccc1Oc1ccc(S(=O)(=O)Nc2ncns2)cc1C#N. The Bertz CT molecular complexity index is 1550. The number of nitriles is 1. The molecule has 2 aromatic carbocycles. The molecule has 0 aliphatic heterocycles. The molecule has 0 radical (unpaired) electrons. The zero-order valence-electron chi connectivity index (χ0n) is 18.6. The summed E-state index contributed by atoms with van der Waals surface area (Å²) < 4.78 is 43.9. The summed E-state index contributed by atoms with van der Waals surface area (Å²) in [5, 5.41) is 14.4. The molecule has 0 amide bonds. The number of nitrogens with one attached hydrogen (secondary N) is 1. The molecule has 1 N–H and O–H groups in total. The zero-order chi connectivity index (χ0) is 25.7. The molecule has 4 rings (SSSR count). The van der Waals surface area contributed by atoms with E-state index in [0.717, 1.165) is 11.5 Å². The number of sulfonamides is 1. The Morgan fingerprint density at radius 3 is 2.75 bits per heavy atom. The number of halogens is 1. The monoisotopic (exact) mass is 544 g/mol. The predicted molar refractivity (Wildman–Crippen MR) is 131 cm³/mol. The molecule has 14 heteroatoms. The molecule has 0 bridgehead atoms. The van der Waals surface area contributed by atoms with E-state index >= 15 is 0 Å². The third kappa shape index (κ3) is 5.62. The smallest absolute Gasteiger partial charge is 0.327 e. The number of hydrogen-bond acceptors (Lipinski definition) is 10. The van der Waals surface area contributed by atoms with Crippen molar-refractivity contribution in [3.05, 3.63) is 65.6 Å². The van der Waals surface area contributed by atoms with Gasteiger partial charge in [-0.25, -0.2) is 13.4 Å². The van der Waals surface area contributed by atoms with Gasteiger partial charge in [0, 0.05) is 28.3 Å². The normalized spacial score (nSPS) is 11.0. The highest BCUT2D eigenvalue weighted by Gasteiger charge is 2.20. The number of esters is 1. The van der Waals surface area contributed by atoms with Gasteiger partial charge in [0.25, 0.3) is 10.0 Å². The van der Waals surface area contributed by atoms with E-state index in [0.29, 0.717) is 22.0 Å². The second-order valence-corrected chi connectivity index (χ2v) is 9.94. The Labute approximate surface area is 215 Å². The first-order valence-corrected chi connectivity index (χ1v) is 12.9. The maximum absolute atomic E-state index is 12.7. The summed E-state index contributed by atoms with van der Waals surface area (Å²) in [7, 11) is -4.00. The summed E-state index contributed by atoms with van der Waals surface area (Å²) in [4.78, 5) is 15.6. The van der Waals surface area contributed by atoms with Crippen LogP contribution in [0.5, 0.6) is 11.5 Å². The standard InChI is InChI=1S/C22H17ClN6O5S2/c1-2-33-21(30)12-29-18(7-8-26-29)17-10-15(23)3-5-20(17)34-19-6-4-16(9-14(19)11-24)36(31,32)28-22-25-13-27-35-22/h3-10,13H,2,12H2,1H3,(H,25,27,28). The zero-order valence-corrected chi connectivity index (χ0v) is 21.0. The van der Waals surface area contributed by atoms with Crippen LogP contribution in [0.4, 0.5) is 5.13 Å². The van der Waals surface area contributed by atoms with E-state index in [2.05, 4.69) is 19.2 Å². The summed E-state index contributed by atoms with van der Waals surface area (Å²) in [5.74, 6) is -0.0332. The van der Waals surface area contributed by atoms with Crippen molar-refractivity contribution >= 4 is 44.3 Å². The van der Waals surface area contributed by atoms with Gasteiger partial charge in [0.15, 0.2) is 0 Å². The molecule has 0 atom stereocenters. The number of benzene rings is 2. The maximum Gasteiger partial charge on any atom is 0.327 e. The summed E-state index contributed by atoms with van der Waals surface area (Å²) in [6.45, 7) is 1.82. The minimum atomic E-state index is -4.00. The van der Waals surface area contributed by atoms with Crippen LogP contribution in [0, 0.1) is 11.3 Å². The van der Waals surface area contributed by atoms with E-state index in [-0.39, 0.29) is 34.5 Å². The van der Waals surface area contributed by atoms with Crippen molar-refractivity contribution < 1.29 is 22.7 Å². The molecular weight excluding hydrogens is 528 g/mol. The fourth-order valence-corrected chi connectivity index (χ4v) is 5.03. The minimum absolute atomic E-state index is 0.0175. The highest BCUT2D eigenvalue weighted by atomic mass is 35.5. The lowest BCUT2D eigenvalue weighted by molar-refractivity contribution is -0.144. The number of aromatic nitrogens is 4. The summed E-state index contributed by atoms with van der Waals surface area (Å²) in [5.41, 5.74) is 1.01. The number of hydrogen-bond donors (Lipinski definition) is 1. The Balaban J connectivity index is 1.67. The topological polar surface area (TPSA) is 149 Å². The van der Waals surface area contributed by atoms with Crippen LogP contribution in [0.15, 0.2) is 59.9 Å². The molecule has 2 heterocycles. The number of nitrogens with zero attached hydrogens (tertiary/aromatic N) is 5. The Morgan fingerprint density at radius 1 is 1.22 bits per heavy atom. The minimum Gasteiger partial charge on any atom is -0.465 e. The molecule has 184 valence electrons. The lowest BCUT2D eigenvalue weighted by atomic mass is 10.1. The van der Waals surface area contributed by atoms with Crippen LogP contribution in [-0.4, -0.2) is 40.1 Å². The van der Waals surface area contributed by atoms with Gasteiger partial charge >= 0.3 is 5.97 Å². The first-order valence-electron chi connectivity index (χ1n) is 10.3. The van der Waals surface area contributed by atoms with Crippen molar-refractivity contribution in [2.24, 2.45) is 0 Å². The van der Waals surface area contributed by atoms with E-state index in [1.165, 1.54) is 35.4 Å². The van der Waals surface area contributed by atoms with Gasteiger partial charge in [0.05, 0.1) is 22.8 Å². The fourth-order valence-electron chi connectivity index (χ4n) is 3.17. The molecule has 0 saturated carbocycles. The second kappa shape index (κ2) is 10.7. The second-order valence-electron chi connectivity index (χ2n) is 7.04. The predicted octanol–water partition coefficient (Wildman–Crippen LogP) is 4.08. The number of ether oxygens (including phenoxy) is 2. The molecule has 4 aromatic rings. The lowest BCUT2D eigenvalue weighted by Crippen LogP contribution is -2.15. The summed E-state index contributed by atoms with van der Waals surface area (Å²) in [6, 6.07) is 12.3. The highest BCUT2D eigenvalue weighted by molar-refractivity contribution is 7.93. The lowest BCUT2D eigenvalue weighted by Gasteiger charge is -2.15. The Hall–Kier alpha value is -3.99. The van der Waals surface area contributed by atoms with Gasteiger partial charge in [-0.05, 0) is 49.4 Å². The van der Waals surface area contributed by atoms with Crippen LogP contribution in [-0.2, 0) is 26.1 Å². The van der Waals surface area contributed by atoms with Crippen molar-refractivity contribution in [1.82, 2.24) is 19.1 Å². The molecule has 36 heavy (non-hydrogen) atoms. The van der Waals surface area contributed by atoms with E-state index in [1.54, 1.807) is 31.2 Å². The fraction of sp³-hybridized carbons (Fsp3) is 0.136. The highest BCUT2D eigenvalue weighted by Crippen LogP contribution is 2.37. The molecule has 0 spiro atoms. The van der Waals surface area contributed by atoms with Crippen LogP contribution in [0.25, 0.3) is 11.3 Å². The van der Waals surface area contributed by atoms with Gasteiger partial charge in [-0.1, -0.05) is 11.6 Å². The van der Waals surface area contributed by atoms with E-state index in [9.17, 15) is 18.5 Å². The van der Waals surface area contributed by atoms with Crippen molar-refractivity contribution in [3.63, 3.8) is 0 Å². The maximum atomic E-state index is 12.7. The third-order valence-electron chi connectivity index (χ3n) is 4.70. The number of carbonyl (C=O) groups is 1. The molecule has 0 unspecified atom stereocenters. The first kappa shape index (κ1) is 25.1. The quantitative estimate of drug-likeness (QED) is 0.307. The van der Waals surface area contributed by atoms with Crippen molar-refractivity contribution in [1.29, 1.82) is 5.26 Å². The molecule has 0 saturated heterocycles. The molecule has 0 fully saturated rings. The molecule has 11 nitrogen and oxygen atoms in total. The van der Waals surface area contributed by atoms with E-state index in [4.69, 9.17) is 21.1 Å². The molecule has 2 aromatic heterocycles. The summed E-state index contributed by atoms with van der Waals surface area (Å²) in [6.07, 6.45) is 2.74. The van der Waals surface area contributed by atoms with Gasteiger partial charge in [-0.15, -0.1) is 0 Å². The largest absolute Gasteiger partial charge is 0.465 e. The van der Waals surface area contributed by atoms with Crippen LogP contribution in [0.1, 0.15) is 12.5 Å². The van der Waals surface area contributed by atoms with Gasteiger partial charge in [0.1, 0.15) is 30.4 Å². The van der Waals surface area contributed by atoms with Crippen molar-refractivity contribution in [2.45, 2.75) is 18.4 Å². The first-order chi connectivity index (χ1) is 17.3. The number of carbonyl (C=O) groups excluding carboxylic acids is 1.